The molecule has 1 aliphatic heterocycles. The molecule has 1 aromatic heterocycles. The van der Waals surface area contributed by atoms with Crippen LogP contribution in [0, 0.1) is 5.41 Å². The van der Waals surface area contributed by atoms with Crippen LogP contribution < -0.4 is 0 Å². The van der Waals surface area contributed by atoms with Crippen LogP contribution in [0.5, 0.6) is 0 Å². The van der Waals surface area contributed by atoms with Crippen LogP contribution in [0.25, 0.3) is 0 Å². The van der Waals surface area contributed by atoms with Crippen molar-refractivity contribution in [2.24, 2.45) is 5.41 Å². The van der Waals surface area contributed by atoms with Crippen LogP contribution in [0.2, 0.25) is 0 Å². The Kier molecular flexibility index (Phi) is 4.78. The van der Waals surface area contributed by atoms with Gasteiger partial charge in [0, 0.05) is 24.4 Å². The third-order valence-electron chi connectivity index (χ3n) is 3.64. The summed E-state index contributed by atoms with van der Waals surface area (Å²) in [6.45, 7) is 6.91. The average molecular weight is 329 g/mol. The molecule has 1 atom stereocenters. The molecular formula is C15H23NO3S2. The summed E-state index contributed by atoms with van der Waals surface area (Å²) in [5.41, 5.74) is -0.0740. The Hall–Kier alpha value is -0.880. The Morgan fingerprint density at radius 3 is 2.67 bits per heavy atom. The predicted octanol–water partition coefficient (Wildman–Crippen LogP) is 2.87. The molecule has 0 bridgehead atoms. The summed E-state index contributed by atoms with van der Waals surface area (Å²) in [6, 6.07) is 3.75. The molecule has 2 heterocycles. The number of nitrogens with zero attached hydrogens (tertiary/aromatic N) is 1. The third kappa shape index (κ3) is 4.30. The second kappa shape index (κ2) is 6.08. The zero-order valence-corrected chi connectivity index (χ0v) is 14.5. The largest absolute Gasteiger partial charge is 0.342 e. The molecule has 118 valence electrons. The van der Waals surface area contributed by atoms with Crippen LogP contribution >= 0.6 is 11.3 Å². The second-order valence-corrected chi connectivity index (χ2v) is 10.1. The third-order valence-corrected chi connectivity index (χ3v) is 6.88. The van der Waals surface area contributed by atoms with Crippen molar-refractivity contribution in [3.05, 3.63) is 22.4 Å². The second-order valence-electron chi connectivity index (χ2n) is 6.78. The molecule has 2 rings (SSSR count). The quantitative estimate of drug-likeness (QED) is 0.838. The lowest BCUT2D eigenvalue weighted by molar-refractivity contribution is -0.132. The first-order chi connectivity index (χ1) is 9.69. The Morgan fingerprint density at radius 2 is 2.10 bits per heavy atom. The van der Waals surface area contributed by atoms with E-state index in [-0.39, 0.29) is 17.1 Å². The normalized spacial score (nSPS) is 22.8. The van der Waals surface area contributed by atoms with Gasteiger partial charge in [-0.05, 0) is 23.3 Å². The number of amides is 1. The number of carbonyl (C=O) groups excluding carboxylic acids is 1. The Balaban J connectivity index is 2.12. The monoisotopic (exact) mass is 329 g/mol. The van der Waals surface area contributed by atoms with Crippen molar-refractivity contribution < 1.29 is 13.2 Å². The SMILES string of the molecule is CC(C)(C)CC(=O)N1CCC(c2cccs2)S(=O)(=O)CC1. The van der Waals surface area contributed by atoms with Crippen LogP contribution in [0.4, 0.5) is 0 Å². The van der Waals surface area contributed by atoms with E-state index in [1.54, 1.807) is 4.90 Å². The Labute approximate surface area is 131 Å². The fraction of sp³-hybridized carbons (Fsp3) is 0.667. The van der Waals surface area contributed by atoms with Gasteiger partial charge >= 0.3 is 0 Å². The van der Waals surface area contributed by atoms with Crippen molar-refractivity contribution in [1.82, 2.24) is 4.90 Å². The summed E-state index contributed by atoms with van der Waals surface area (Å²) in [7, 11) is -3.18. The van der Waals surface area contributed by atoms with Gasteiger partial charge < -0.3 is 4.90 Å². The van der Waals surface area contributed by atoms with Gasteiger partial charge in [-0.1, -0.05) is 26.8 Å². The minimum Gasteiger partial charge on any atom is -0.342 e. The first-order valence-corrected chi connectivity index (χ1v) is 9.81. The van der Waals surface area contributed by atoms with Crippen LogP contribution in [-0.2, 0) is 14.6 Å². The lowest BCUT2D eigenvalue weighted by atomic mass is 9.91. The van der Waals surface area contributed by atoms with Crippen LogP contribution in [-0.4, -0.2) is 38.1 Å². The molecule has 1 aromatic rings. The van der Waals surface area contributed by atoms with E-state index in [9.17, 15) is 13.2 Å². The molecule has 0 N–H and O–H groups in total. The van der Waals surface area contributed by atoms with E-state index in [4.69, 9.17) is 0 Å². The maximum Gasteiger partial charge on any atom is 0.223 e. The number of sulfone groups is 1. The predicted molar refractivity (Wildman–Crippen MR) is 86.1 cm³/mol. The highest BCUT2D eigenvalue weighted by Gasteiger charge is 2.33. The summed E-state index contributed by atoms with van der Waals surface area (Å²) < 4.78 is 24.8. The van der Waals surface area contributed by atoms with Gasteiger partial charge in [-0.15, -0.1) is 11.3 Å². The summed E-state index contributed by atoms with van der Waals surface area (Å²) in [5.74, 6) is 0.121. The minimum atomic E-state index is -3.18. The maximum absolute atomic E-state index is 12.4. The van der Waals surface area contributed by atoms with Gasteiger partial charge in [0.2, 0.25) is 5.91 Å². The van der Waals surface area contributed by atoms with E-state index in [1.807, 2.05) is 38.3 Å². The van der Waals surface area contributed by atoms with Crippen molar-refractivity contribution in [3.8, 4) is 0 Å². The number of thiophene rings is 1. The molecule has 1 saturated heterocycles. The molecule has 4 nitrogen and oxygen atoms in total. The van der Waals surface area contributed by atoms with Gasteiger partial charge in [-0.25, -0.2) is 8.42 Å². The summed E-state index contributed by atoms with van der Waals surface area (Å²) in [5, 5.41) is 1.45. The van der Waals surface area contributed by atoms with E-state index < -0.39 is 15.1 Å². The van der Waals surface area contributed by atoms with E-state index in [1.165, 1.54) is 11.3 Å². The van der Waals surface area contributed by atoms with Gasteiger partial charge in [0.15, 0.2) is 9.84 Å². The van der Waals surface area contributed by atoms with Gasteiger partial charge in [0.25, 0.3) is 0 Å². The van der Waals surface area contributed by atoms with Gasteiger partial charge in [0.05, 0.1) is 11.0 Å². The van der Waals surface area contributed by atoms with E-state index in [0.717, 1.165) is 4.88 Å². The average Bonchev–Trinajstić information content (AvgIpc) is 2.79. The molecule has 21 heavy (non-hydrogen) atoms. The van der Waals surface area contributed by atoms with Crippen molar-refractivity contribution in [2.45, 2.75) is 38.9 Å². The van der Waals surface area contributed by atoms with Crippen molar-refractivity contribution in [2.75, 3.05) is 18.8 Å². The number of hydrogen-bond acceptors (Lipinski definition) is 4. The molecule has 0 aromatic carbocycles. The molecule has 1 unspecified atom stereocenters. The summed E-state index contributed by atoms with van der Waals surface area (Å²) in [6.07, 6.45) is 0.954. The number of carbonyl (C=O) groups is 1. The van der Waals surface area contributed by atoms with Crippen molar-refractivity contribution in [3.63, 3.8) is 0 Å². The lowest BCUT2D eigenvalue weighted by Gasteiger charge is -2.25. The summed E-state index contributed by atoms with van der Waals surface area (Å²) in [4.78, 5) is 14.9. The van der Waals surface area contributed by atoms with Crippen molar-refractivity contribution in [1.29, 1.82) is 0 Å². The fourth-order valence-corrected chi connectivity index (χ4v) is 5.56. The summed E-state index contributed by atoms with van der Waals surface area (Å²) >= 11 is 1.48. The zero-order chi connectivity index (χ0) is 15.7. The van der Waals surface area contributed by atoms with E-state index in [0.29, 0.717) is 25.9 Å². The molecule has 1 aliphatic rings. The molecule has 0 radical (unpaired) electrons. The lowest BCUT2D eigenvalue weighted by Crippen LogP contribution is -2.35. The van der Waals surface area contributed by atoms with E-state index in [2.05, 4.69) is 0 Å². The van der Waals surface area contributed by atoms with E-state index >= 15 is 0 Å². The first-order valence-electron chi connectivity index (χ1n) is 7.22. The van der Waals surface area contributed by atoms with Gasteiger partial charge in [-0.2, -0.15) is 0 Å². The molecule has 0 spiro atoms. The topological polar surface area (TPSA) is 54.5 Å². The maximum atomic E-state index is 12.4. The Bertz CT molecular complexity index is 585. The van der Waals surface area contributed by atoms with Crippen LogP contribution in [0.3, 0.4) is 0 Å². The standard InChI is InChI=1S/C15H23NO3S2/c1-15(2,3)11-14(17)16-7-6-13(12-5-4-9-20-12)21(18,19)10-8-16/h4-5,9,13H,6-8,10-11H2,1-3H3. The smallest absolute Gasteiger partial charge is 0.223 e. The highest BCUT2D eigenvalue weighted by Crippen LogP contribution is 2.32. The number of hydrogen-bond donors (Lipinski definition) is 0. The van der Waals surface area contributed by atoms with Gasteiger partial charge in [0.1, 0.15) is 0 Å². The van der Waals surface area contributed by atoms with Gasteiger partial charge in [-0.3, -0.25) is 4.79 Å². The molecule has 1 fully saturated rings. The molecule has 0 saturated carbocycles. The zero-order valence-electron chi connectivity index (χ0n) is 12.8. The minimum absolute atomic E-state index is 0.0597. The molecule has 6 heteroatoms. The molecule has 0 aliphatic carbocycles. The first kappa shape index (κ1) is 16.5. The Morgan fingerprint density at radius 1 is 1.38 bits per heavy atom. The van der Waals surface area contributed by atoms with Crippen molar-refractivity contribution >= 4 is 27.1 Å². The molecular weight excluding hydrogens is 306 g/mol. The highest BCUT2D eigenvalue weighted by molar-refractivity contribution is 7.91. The fourth-order valence-electron chi connectivity index (χ4n) is 2.55. The highest BCUT2D eigenvalue weighted by atomic mass is 32.2. The van der Waals surface area contributed by atoms with Crippen LogP contribution in [0.1, 0.15) is 43.7 Å². The number of rotatable bonds is 2. The van der Waals surface area contributed by atoms with Crippen LogP contribution in [0.15, 0.2) is 17.5 Å². The molecule has 1 amide bonds.